The molecule has 0 spiro atoms. The predicted octanol–water partition coefficient (Wildman–Crippen LogP) is 12.0. The summed E-state index contributed by atoms with van der Waals surface area (Å²) in [6, 6.07) is 53.0. The van der Waals surface area contributed by atoms with Crippen molar-refractivity contribution in [2.75, 3.05) is 0 Å². The standard InChI is InChI=1S/C43H25N3S/c1-2-12-27(13-3-1)45-34-18-8-6-15-30(34)33-25-28(21-23-35(33)45)46-36-22-20-26-11-4-5-14-29(26)38(36)39-32-17-10-24-44-41(32)43-40(42(39)46)31-16-7-9-19-37(31)47-43/h1-25H. The number of hydrogen-bond acceptors (Lipinski definition) is 2. The second-order valence-electron chi connectivity index (χ2n) is 12.3. The molecule has 0 amide bonds. The molecule has 4 aromatic heterocycles. The van der Waals surface area contributed by atoms with E-state index in [2.05, 4.69) is 155 Å². The Bertz CT molecular complexity index is 3070. The van der Waals surface area contributed by atoms with Gasteiger partial charge in [0.2, 0.25) is 0 Å². The molecule has 0 bridgehead atoms. The van der Waals surface area contributed by atoms with Gasteiger partial charge in [0.1, 0.15) is 0 Å². The Hall–Kier alpha value is -5.97. The van der Waals surface area contributed by atoms with Crippen molar-refractivity contribution >= 4 is 96.8 Å². The van der Waals surface area contributed by atoms with Crippen LogP contribution in [0.15, 0.2) is 152 Å². The van der Waals surface area contributed by atoms with Crippen molar-refractivity contribution in [2.45, 2.75) is 0 Å². The van der Waals surface area contributed by atoms with Crippen LogP contribution >= 0.6 is 11.3 Å². The van der Waals surface area contributed by atoms with Crippen LogP contribution in [0, 0.1) is 0 Å². The van der Waals surface area contributed by atoms with E-state index in [9.17, 15) is 0 Å². The first-order valence-electron chi connectivity index (χ1n) is 16.0. The van der Waals surface area contributed by atoms with Crippen molar-refractivity contribution < 1.29 is 0 Å². The summed E-state index contributed by atoms with van der Waals surface area (Å²) in [5, 5.41) is 11.3. The molecule has 47 heavy (non-hydrogen) atoms. The van der Waals surface area contributed by atoms with E-state index in [0.717, 1.165) is 11.2 Å². The number of pyridine rings is 1. The summed E-state index contributed by atoms with van der Waals surface area (Å²) in [6.07, 6.45) is 1.94. The molecule has 11 rings (SSSR count). The van der Waals surface area contributed by atoms with Gasteiger partial charge in [-0.25, -0.2) is 0 Å². The number of para-hydroxylation sites is 2. The highest BCUT2D eigenvalue weighted by Crippen LogP contribution is 2.49. The SMILES string of the molecule is c1ccc(-n2c3ccccc3c3cc(-n4c5ccc6ccccc6c5c5c6cccnc6c6sc7ccccc7c6c54)ccc32)cc1. The average molecular weight is 616 g/mol. The third-order valence-corrected chi connectivity index (χ3v) is 11.1. The topological polar surface area (TPSA) is 22.8 Å². The number of benzene rings is 7. The van der Waals surface area contributed by atoms with Crippen LogP contribution in [-0.4, -0.2) is 14.1 Å². The van der Waals surface area contributed by atoms with Crippen LogP contribution in [-0.2, 0) is 0 Å². The van der Waals surface area contributed by atoms with E-state index in [1.807, 2.05) is 17.5 Å². The van der Waals surface area contributed by atoms with Crippen molar-refractivity contribution in [3.63, 3.8) is 0 Å². The van der Waals surface area contributed by atoms with Crippen LogP contribution in [0.4, 0.5) is 0 Å². The largest absolute Gasteiger partial charge is 0.309 e. The van der Waals surface area contributed by atoms with Gasteiger partial charge in [0.05, 0.1) is 32.3 Å². The minimum Gasteiger partial charge on any atom is -0.309 e. The van der Waals surface area contributed by atoms with E-state index in [4.69, 9.17) is 4.98 Å². The van der Waals surface area contributed by atoms with Crippen LogP contribution in [0.25, 0.3) is 96.8 Å². The van der Waals surface area contributed by atoms with E-state index in [1.54, 1.807) is 0 Å². The molecular weight excluding hydrogens is 591 g/mol. The molecule has 11 aromatic rings. The lowest BCUT2D eigenvalue weighted by Crippen LogP contribution is -1.96. The number of thiophene rings is 1. The zero-order valence-electron chi connectivity index (χ0n) is 25.2. The highest BCUT2D eigenvalue weighted by atomic mass is 32.1. The predicted molar refractivity (Wildman–Crippen MR) is 201 cm³/mol. The third-order valence-electron chi connectivity index (χ3n) is 9.91. The molecule has 0 aliphatic carbocycles. The van der Waals surface area contributed by atoms with Crippen LogP contribution < -0.4 is 0 Å². The molecule has 0 atom stereocenters. The first kappa shape index (κ1) is 25.2. The van der Waals surface area contributed by atoms with Crippen LogP contribution in [0.2, 0.25) is 0 Å². The molecule has 0 N–H and O–H groups in total. The molecule has 4 heterocycles. The van der Waals surface area contributed by atoms with Gasteiger partial charge >= 0.3 is 0 Å². The lowest BCUT2D eigenvalue weighted by Gasteiger charge is -2.12. The first-order valence-corrected chi connectivity index (χ1v) is 16.8. The summed E-state index contributed by atoms with van der Waals surface area (Å²) in [5.41, 5.74) is 8.26. The lowest BCUT2D eigenvalue weighted by molar-refractivity contribution is 1.17. The van der Waals surface area contributed by atoms with Crippen molar-refractivity contribution in [1.82, 2.24) is 14.1 Å². The third kappa shape index (κ3) is 3.32. The quantitative estimate of drug-likeness (QED) is 0.190. The molecule has 0 unspecified atom stereocenters. The van der Waals surface area contributed by atoms with Gasteiger partial charge in [0.25, 0.3) is 0 Å². The van der Waals surface area contributed by atoms with Crippen LogP contribution in [0.1, 0.15) is 0 Å². The number of fused-ring (bicyclic) bond motifs is 15. The molecule has 7 aromatic carbocycles. The second kappa shape index (κ2) is 9.29. The van der Waals surface area contributed by atoms with Gasteiger partial charge in [-0.3, -0.25) is 4.98 Å². The highest BCUT2D eigenvalue weighted by Gasteiger charge is 2.24. The Labute approximate surface area is 273 Å². The molecule has 218 valence electrons. The Morgan fingerprint density at radius 1 is 0.447 bits per heavy atom. The average Bonchev–Trinajstić information content (AvgIpc) is 3.80. The number of aromatic nitrogens is 3. The Kier molecular flexibility index (Phi) is 4.99. The molecular formula is C43H25N3S. The zero-order valence-corrected chi connectivity index (χ0v) is 26.0. The maximum absolute atomic E-state index is 5.03. The molecule has 0 aliphatic rings. The normalized spacial score (nSPS) is 12.3. The summed E-state index contributed by atoms with van der Waals surface area (Å²) < 4.78 is 7.44. The fourth-order valence-corrected chi connectivity index (χ4v) is 9.23. The lowest BCUT2D eigenvalue weighted by atomic mass is 9.99. The maximum atomic E-state index is 5.03. The van der Waals surface area contributed by atoms with Crippen LogP contribution in [0.3, 0.4) is 0 Å². The van der Waals surface area contributed by atoms with Gasteiger partial charge in [-0.1, -0.05) is 91.0 Å². The fourth-order valence-electron chi connectivity index (χ4n) is 8.02. The van der Waals surface area contributed by atoms with Crippen LogP contribution in [0.5, 0.6) is 0 Å². The zero-order chi connectivity index (χ0) is 30.6. The Balaban J connectivity index is 1.38. The molecule has 0 aliphatic heterocycles. The Morgan fingerprint density at radius 3 is 2.09 bits per heavy atom. The Morgan fingerprint density at radius 2 is 1.17 bits per heavy atom. The van der Waals surface area contributed by atoms with Gasteiger partial charge in [-0.2, -0.15) is 0 Å². The first-order chi connectivity index (χ1) is 23.3. The highest BCUT2D eigenvalue weighted by molar-refractivity contribution is 7.26. The van der Waals surface area contributed by atoms with E-state index in [-0.39, 0.29) is 0 Å². The van der Waals surface area contributed by atoms with E-state index in [0.29, 0.717) is 0 Å². The summed E-state index contributed by atoms with van der Waals surface area (Å²) in [7, 11) is 0. The summed E-state index contributed by atoms with van der Waals surface area (Å²) >= 11 is 1.85. The van der Waals surface area contributed by atoms with Gasteiger partial charge in [-0.15, -0.1) is 11.3 Å². The van der Waals surface area contributed by atoms with Gasteiger partial charge in [0.15, 0.2) is 0 Å². The summed E-state index contributed by atoms with van der Waals surface area (Å²) in [5.74, 6) is 0. The number of rotatable bonds is 2. The molecule has 0 fully saturated rings. The molecule has 0 saturated carbocycles. The molecule has 0 radical (unpaired) electrons. The van der Waals surface area contributed by atoms with E-state index in [1.165, 1.54) is 85.6 Å². The minimum absolute atomic E-state index is 1.07. The van der Waals surface area contributed by atoms with Gasteiger partial charge < -0.3 is 9.13 Å². The monoisotopic (exact) mass is 615 g/mol. The van der Waals surface area contributed by atoms with E-state index < -0.39 is 0 Å². The number of nitrogens with zero attached hydrogens (tertiary/aromatic N) is 3. The smallest absolute Gasteiger partial charge is 0.0888 e. The minimum atomic E-state index is 1.07. The van der Waals surface area contributed by atoms with Gasteiger partial charge in [-0.05, 0) is 65.4 Å². The fraction of sp³-hybridized carbons (Fsp3) is 0. The van der Waals surface area contributed by atoms with E-state index >= 15 is 0 Å². The van der Waals surface area contributed by atoms with Crippen molar-refractivity contribution in [3.05, 3.63) is 152 Å². The molecule has 4 heteroatoms. The number of hydrogen-bond donors (Lipinski definition) is 0. The molecule has 0 saturated heterocycles. The molecule has 3 nitrogen and oxygen atoms in total. The van der Waals surface area contributed by atoms with Crippen molar-refractivity contribution in [2.24, 2.45) is 0 Å². The van der Waals surface area contributed by atoms with Crippen molar-refractivity contribution in [3.8, 4) is 11.4 Å². The summed E-state index contributed by atoms with van der Waals surface area (Å²) in [4.78, 5) is 5.03. The maximum Gasteiger partial charge on any atom is 0.0888 e. The second-order valence-corrected chi connectivity index (χ2v) is 13.4. The van der Waals surface area contributed by atoms with Gasteiger partial charge in [0, 0.05) is 60.0 Å². The van der Waals surface area contributed by atoms with Crippen molar-refractivity contribution in [1.29, 1.82) is 0 Å². The summed E-state index contributed by atoms with van der Waals surface area (Å²) in [6.45, 7) is 0.